The minimum Gasteiger partial charge on any atom is -0.309 e. The zero-order valence-electron chi connectivity index (χ0n) is 38.4. The van der Waals surface area contributed by atoms with Crippen molar-refractivity contribution in [3.8, 4) is 66.8 Å². The summed E-state index contributed by atoms with van der Waals surface area (Å²) in [6, 6.07) is 101. The predicted octanol–water partition coefficient (Wildman–Crippen LogP) is 18.5. The molecule has 0 heterocycles. The van der Waals surface area contributed by atoms with Crippen LogP contribution in [-0.2, 0) is 5.41 Å². The van der Waals surface area contributed by atoms with Gasteiger partial charge in [0, 0.05) is 16.8 Å². The molecule has 70 heavy (non-hydrogen) atoms. The molecule has 14 rings (SSSR count). The lowest BCUT2D eigenvalue weighted by Gasteiger charge is -2.34. The standard InChI is InChI=1S/C69H45N/c1-3-18-46(19-4-1)47-34-36-48(37-35-47)52-39-42-66(61(44-52)50-20-5-2-6-21-50)70(67-43-38-51-23-8-10-26-55(51)68(67)60-30-17-24-49-22-7-9-25-54(49)60)53-40-41-59-58-29-13-16-33-64(58)69(65(59)45-53)62-31-14-11-27-56(62)57-28-12-15-32-63(57)69/h1-45H. The molecule has 0 saturated heterocycles. The van der Waals surface area contributed by atoms with E-state index in [-0.39, 0.29) is 0 Å². The Balaban J connectivity index is 1.07. The normalized spacial score (nSPS) is 12.7. The number of fused-ring (bicyclic) bond motifs is 12. The van der Waals surface area contributed by atoms with Crippen LogP contribution in [0.1, 0.15) is 22.3 Å². The highest BCUT2D eigenvalue weighted by atomic mass is 15.1. The average Bonchev–Trinajstić information content (AvgIpc) is 3.91. The van der Waals surface area contributed by atoms with Crippen molar-refractivity contribution in [2.45, 2.75) is 5.41 Å². The summed E-state index contributed by atoms with van der Waals surface area (Å²) in [7, 11) is 0. The van der Waals surface area contributed by atoms with Gasteiger partial charge in [-0.05, 0) is 130 Å². The molecule has 12 aromatic rings. The van der Waals surface area contributed by atoms with Crippen molar-refractivity contribution in [2.75, 3.05) is 4.90 Å². The van der Waals surface area contributed by atoms with Gasteiger partial charge in [0.2, 0.25) is 0 Å². The molecule has 1 spiro atoms. The summed E-state index contributed by atoms with van der Waals surface area (Å²) in [5.74, 6) is 0. The van der Waals surface area contributed by atoms with Crippen LogP contribution in [0.25, 0.3) is 88.3 Å². The zero-order valence-corrected chi connectivity index (χ0v) is 38.4. The van der Waals surface area contributed by atoms with Crippen molar-refractivity contribution in [1.82, 2.24) is 0 Å². The Bertz CT molecular complexity index is 3930. The minimum absolute atomic E-state index is 0.499. The number of hydrogen-bond donors (Lipinski definition) is 0. The van der Waals surface area contributed by atoms with Crippen LogP contribution in [0.5, 0.6) is 0 Å². The molecule has 0 aromatic heterocycles. The van der Waals surface area contributed by atoms with E-state index in [2.05, 4.69) is 278 Å². The van der Waals surface area contributed by atoms with Crippen molar-refractivity contribution >= 4 is 38.6 Å². The van der Waals surface area contributed by atoms with Crippen LogP contribution in [0.2, 0.25) is 0 Å². The number of nitrogens with zero attached hydrogens (tertiary/aromatic N) is 1. The maximum absolute atomic E-state index is 2.57. The van der Waals surface area contributed by atoms with Crippen molar-refractivity contribution in [3.63, 3.8) is 0 Å². The smallest absolute Gasteiger partial charge is 0.0726 e. The van der Waals surface area contributed by atoms with E-state index in [0.29, 0.717) is 0 Å². The van der Waals surface area contributed by atoms with Gasteiger partial charge in [0.05, 0.1) is 16.8 Å². The van der Waals surface area contributed by atoms with Gasteiger partial charge in [-0.3, -0.25) is 0 Å². The van der Waals surface area contributed by atoms with Gasteiger partial charge >= 0.3 is 0 Å². The summed E-state index contributed by atoms with van der Waals surface area (Å²) in [6.07, 6.45) is 0. The SMILES string of the molecule is c1ccc(-c2ccc(-c3ccc(N(c4ccc5c(c4)C4(c6ccccc6-c6ccccc64)c4ccccc4-5)c4ccc5ccccc5c4-c4cccc5ccccc45)c(-c4ccccc4)c3)cc2)cc1. The van der Waals surface area contributed by atoms with Gasteiger partial charge in [-0.1, -0.05) is 243 Å². The van der Waals surface area contributed by atoms with E-state index in [1.165, 1.54) is 93.9 Å². The lowest BCUT2D eigenvalue weighted by Crippen LogP contribution is -2.26. The molecule has 0 amide bonds. The first-order valence-corrected chi connectivity index (χ1v) is 24.3. The monoisotopic (exact) mass is 887 g/mol. The summed E-state index contributed by atoms with van der Waals surface area (Å²) < 4.78 is 0. The van der Waals surface area contributed by atoms with Gasteiger partial charge in [-0.25, -0.2) is 0 Å². The fourth-order valence-corrected chi connectivity index (χ4v) is 12.0. The van der Waals surface area contributed by atoms with Crippen LogP contribution < -0.4 is 4.90 Å². The van der Waals surface area contributed by atoms with Crippen LogP contribution in [0.4, 0.5) is 17.1 Å². The third-order valence-electron chi connectivity index (χ3n) is 15.1. The van der Waals surface area contributed by atoms with Gasteiger partial charge in [0.25, 0.3) is 0 Å². The fourth-order valence-electron chi connectivity index (χ4n) is 12.0. The number of rotatable bonds is 7. The van der Waals surface area contributed by atoms with E-state index >= 15 is 0 Å². The summed E-state index contributed by atoms with van der Waals surface area (Å²) in [5, 5.41) is 4.85. The fraction of sp³-hybridized carbons (Fsp3) is 0.0145. The van der Waals surface area contributed by atoms with Gasteiger partial charge in [-0.2, -0.15) is 0 Å². The van der Waals surface area contributed by atoms with E-state index < -0.39 is 5.41 Å². The number of hydrogen-bond acceptors (Lipinski definition) is 1. The second kappa shape index (κ2) is 16.0. The Hall–Kier alpha value is -9.04. The number of benzene rings is 12. The van der Waals surface area contributed by atoms with Gasteiger partial charge in [-0.15, -0.1) is 0 Å². The largest absolute Gasteiger partial charge is 0.309 e. The van der Waals surface area contributed by atoms with E-state index in [0.717, 1.165) is 33.8 Å². The van der Waals surface area contributed by atoms with E-state index in [1.54, 1.807) is 0 Å². The minimum atomic E-state index is -0.499. The molecule has 0 atom stereocenters. The molecule has 326 valence electrons. The lowest BCUT2D eigenvalue weighted by molar-refractivity contribution is 0.793. The summed E-state index contributed by atoms with van der Waals surface area (Å²) in [6.45, 7) is 0. The maximum atomic E-state index is 2.57. The molecule has 0 radical (unpaired) electrons. The Morgan fingerprint density at radius 3 is 1.36 bits per heavy atom. The lowest BCUT2D eigenvalue weighted by atomic mass is 9.70. The highest BCUT2D eigenvalue weighted by molar-refractivity contribution is 6.12. The van der Waals surface area contributed by atoms with Gasteiger partial charge < -0.3 is 4.90 Å². The predicted molar refractivity (Wildman–Crippen MR) is 294 cm³/mol. The second-order valence-corrected chi connectivity index (χ2v) is 18.7. The summed E-state index contributed by atoms with van der Waals surface area (Å²) in [5.41, 5.74) is 22.7. The van der Waals surface area contributed by atoms with Crippen LogP contribution in [0, 0.1) is 0 Å². The Morgan fingerprint density at radius 2 is 0.700 bits per heavy atom. The Morgan fingerprint density at radius 1 is 0.243 bits per heavy atom. The van der Waals surface area contributed by atoms with E-state index in [4.69, 9.17) is 0 Å². The molecule has 2 aliphatic carbocycles. The quantitative estimate of drug-likeness (QED) is 0.154. The average molecular weight is 888 g/mol. The topological polar surface area (TPSA) is 3.24 Å². The molecule has 2 aliphatic rings. The van der Waals surface area contributed by atoms with Crippen LogP contribution in [0.15, 0.2) is 273 Å². The molecule has 0 aliphatic heterocycles. The molecule has 0 unspecified atom stereocenters. The molecule has 0 N–H and O–H groups in total. The summed E-state index contributed by atoms with van der Waals surface area (Å²) >= 11 is 0. The van der Waals surface area contributed by atoms with E-state index in [1.807, 2.05) is 0 Å². The highest BCUT2D eigenvalue weighted by Gasteiger charge is 2.51. The first-order chi connectivity index (χ1) is 34.7. The molecule has 0 fully saturated rings. The van der Waals surface area contributed by atoms with Crippen LogP contribution in [0.3, 0.4) is 0 Å². The maximum Gasteiger partial charge on any atom is 0.0726 e. The molecular formula is C69H45N. The zero-order chi connectivity index (χ0) is 46.2. The van der Waals surface area contributed by atoms with Crippen molar-refractivity contribution < 1.29 is 0 Å². The number of anilines is 3. The van der Waals surface area contributed by atoms with Gasteiger partial charge in [0.1, 0.15) is 0 Å². The third-order valence-corrected chi connectivity index (χ3v) is 15.1. The van der Waals surface area contributed by atoms with Crippen molar-refractivity contribution in [3.05, 3.63) is 295 Å². The van der Waals surface area contributed by atoms with Crippen LogP contribution in [-0.4, -0.2) is 0 Å². The van der Waals surface area contributed by atoms with E-state index in [9.17, 15) is 0 Å². The van der Waals surface area contributed by atoms with Gasteiger partial charge in [0.15, 0.2) is 0 Å². The molecule has 1 heteroatoms. The summed E-state index contributed by atoms with van der Waals surface area (Å²) in [4.78, 5) is 2.57. The molecule has 0 saturated carbocycles. The van der Waals surface area contributed by atoms with Crippen molar-refractivity contribution in [1.29, 1.82) is 0 Å². The first kappa shape index (κ1) is 40.1. The highest BCUT2D eigenvalue weighted by Crippen LogP contribution is 2.63. The molecule has 0 bridgehead atoms. The molecular weight excluding hydrogens is 843 g/mol. The Kier molecular flexibility index (Phi) is 9.19. The van der Waals surface area contributed by atoms with Crippen molar-refractivity contribution in [2.24, 2.45) is 0 Å². The van der Waals surface area contributed by atoms with Crippen LogP contribution >= 0.6 is 0 Å². The third kappa shape index (κ3) is 6.05. The second-order valence-electron chi connectivity index (χ2n) is 18.7. The Labute approximate surface area is 408 Å². The molecule has 1 nitrogen and oxygen atoms in total. The molecule has 12 aromatic carbocycles. The first-order valence-electron chi connectivity index (χ1n) is 24.3.